The summed E-state index contributed by atoms with van der Waals surface area (Å²) in [6.07, 6.45) is 1.76. The zero-order valence-electron chi connectivity index (χ0n) is 15.5. The van der Waals surface area contributed by atoms with Crippen LogP contribution in [0.5, 0.6) is 11.5 Å². The molecule has 3 aromatic rings. The van der Waals surface area contributed by atoms with Crippen LogP contribution in [-0.2, 0) is 17.8 Å². The molecule has 27 heavy (non-hydrogen) atoms. The summed E-state index contributed by atoms with van der Waals surface area (Å²) in [6.45, 7) is 4.03. The molecule has 2 aromatic carbocycles. The minimum Gasteiger partial charge on any atom is -0.490 e. The Labute approximate surface area is 158 Å². The summed E-state index contributed by atoms with van der Waals surface area (Å²) in [7, 11) is 0. The molecular formula is C22H24N2O3. The fourth-order valence-corrected chi connectivity index (χ4v) is 3.51. The summed E-state index contributed by atoms with van der Waals surface area (Å²) in [4.78, 5) is 18.1. The van der Waals surface area contributed by atoms with Gasteiger partial charge in [-0.15, -0.1) is 0 Å². The molecule has 0 radical (unpaired) electrons. The molecule has 1 aromatic heterocycles. The Hall–Kier alpha value is -2.95. The maximum absolute atomic E-state index is 12.7. The number of nitrogens with zero attached hydrogens (tertiary/aromatic N) is 1. The molecule has 0 aliphatic carbocycles. The number of hydrogen-bond acceptors (Lipinski definition) is 3. The van der Waals surface area contributed by atoms with Crippen LogP contribution in [0.25, 0.3) is 10.9 Å². The summed E-state index contributed by atoms with van der Waals surface area (Å²) in [6, 6.07) is 15.8. The smallest absolute Gasteiger partial charge is 0.260 e. The highest BCUT2D eigenvalue weighted by atomic mass is 16.5. The normalized spacial score (nSPS) is 13.4. The highest BCUT2D eigenvalue weighted by molar-refractivity contribution is 5.86. The second kappa shape index (κ2) is 7.74. The molecule has 5 heteroatoms. The number of aromatic amines is 1. The van der Waals surface area contributed by atoms with Gasteiger partial charge < -0.3 is 19.4 Å². The van der Waals surface area contributed by atoms with Gasteiger partial charge in [0, 0.05) is 41.7 Å². The Balaban J connectivity index is 1.43. The van der Waals surface area contributed by atoms with Gasteiger partial charge in [0.2, 0.25) is 0 Å². The first kappa shape index (κ1) is 17.5. The van der Waals surface area contributed by atoms with Crippen LogP contribution in [0.15, 0.2) is 48.5 Å². The quantitative estimate of drug-likeness (QED) is 0.721. The van der Waals surface area contributed by atoms with E-state index in [0.29, 0.717) is 31.2 Å². The minimum absolute atomic E-state index is 0.00349. The number of nitrogens with one attached hydrogen (secondary N) is 1. The molecule has 0 fully saturated rings. The maximum Gasteiger partial charge on any atom is 0.260 e. The zero-order chi connectivity index (χ0) is 18.6. The van der Waals surface area contributed by atoms with Crippen LogP contribution in [-0.4, -0.2) is 35.5 Å². The average molecular weight is 364 g/mol. The van der Waals surface area contributed by atoms with Gasteiger partial charge in [0.05, 0.1) is 6.61 Å². The van der Waals surface area contributed by atoms with Crippen molar-refractivity contribution in [2.24, 2.45) is 0 Å². The van der Waals surface area contributed by atoms with Crippen LogP contribution in [0.2, 0.25) is 0 Å². The highest BCUT2D eigenvalue weighted by Gasteiger charge is 2.24. The number of ether oxygens (including phenoxy) is 2. The van der Waals surface area contributed by atoms with Gasteiger partial charge in [-0.3, -0.25) is 4.79 Å². The standard InChI is InChI=1S/C22H24N2O3/c1-2-13-26-20-9-5-6-10-21(20)27-15-22(25)24-12-11-19-17(14-24)16-7-3-4-8-18(16)23-19/h3-10,23H,2,11-15H2,1H3. The Morgan fingerprint density at radius 3 is 2.63 bits per heavy atom. The Kier molecular flexibility index (Phi) is 5.01. The number of rotatable bonds is 6. The van der Waals surface area contributed by atoms with Gasteiger partial charge in [-0.2, -0.15) is 0 Å². The third-order valence-corrected chi connectivity index (χ3v) is 4.90. The van der Waals surface area contributed by atoms with Crippen molar-refractivity contribution in [1.82, 2.24) is 9.88 Å². The van der Waals surface area contributed by atoms with E-state index in [-0.39, 0.29) is 12.5 Å². The van der Waals surface area contributed by atoms with Crippen LogP contribution in [0.3, 0.4) is 0 Å². The first-order valence-electron chi connectivity index (χ1n) is 9.47. The topological polar surface area (TPSA) is 54.6 Å². The van der Waals surface area contributed by atoms with Crippen molar-refractivity contribution in [1.29, 1.82) is 0 Å². The van der Waals surface area contributed by atoms with Gasteiger partial charge in [-0.25, -0.2) is 0 Å². The number of fused-ring (bicyclic) bond motifs is 3. The monoisotopic (exact) mass is 364 g/mol. The molecule has 1 aliphatic heterocycles. The molecular weight excluding hydrogens is 340 g/mol. The lowest BCUT2D eigenvalue weighted by Gasteiger charge is -2.27. The van der Waals surface area contributed by atoms with Crippen molar-refractivity contribution in [3.8, 4) is 11.5 Å². The van der Waals surface area contributed by atoms with Gasteiger partial charge in [-0.1, -0.05) is 37.3 Å². The summed E-state index contributed by atoms with van der Waals surface area (Å²) >= 11 is 0. The summed E-state index contributed by atoms with van der Waals surface area (Å²) in [5, 5.41) is 1.20. The molecule has 0 bridgehead atoms. The van der Waals surface area contributed by atoms with Crippen LogP contribution >= 0.6 is 0 Å². The van der Waals surface area contributed by atoms with Gasteiger partial charge in [0.25, 0.3) is 5.91 Å². The van der Waals surface area contributed by atoms with E-state index in [2.05, 4.69) is 24.0 Å². The molecule has 140 valence electrons. The molecule has 1 amide bonds. The molecule has 0 saturated heterocycles. The van der Waals surface area contributed by atoms with E-state index < -0.39 is 0 Å². The largest absolute Gasteiger partial charge is 0.490 e. The predicted octanol–water partition coefficient (Wildman–Crippen LogP) is 3.92. The van der Waals surface area contributed by atoms with Crippen molar-refractivity contribution in [2.45, 2.75) is 26.3 Å². The van der Waals surface area contributed by atoms with E-state index in [0.717, 1.165) is 18.4 Å². The Bertz CT molecular complexity index is 948. The second-order valence-electron chi connectivity index (χ2n) is 6.78. The number of carbonyl (C=O) groups is 1. The Morgan fingerprint density at radius 1 is 1.07 bits per heavy atom. The lowest BCUT2D eigenvalue weighted by molar-refractivity contribution is -0.134. The molecule has 0 saturated carbocycles. The number of benzene rings is 2. The van der Waals surface area contributed by atoms with Crippen LogP contribution < -0.4 is 9.47 Å². The number of para-hydroxylation sites is 3. The van der Waals surface area contributed by atoms with E-state index in [1.807, 2.05) is 41.3 Å². The van der Waals surface area contributed by atoms with Gasteiger partial charge >= 0.3 is 0 Å². The fourth-order valence-electron chi connectivity index (χ4n) is 3.51. The lowest BCUT2D eigenvalue weighted by Crippen LogP contribution is -2.38. The molecule has 1 N–H and O–H groups in total. The van der Waals surface area contributed by atoms with Crippen LogP contribution in [0.4, 0.5) is 0 Å². The molecule has 0 unspecified atom stereocenters. The van der Waals surface area contributed by atoms with Crippen molar-refractivity contribution in [3.05, 3.63) is 59.8 Å². The third-order valence-electron chi connectivity index (χ3n) is 4.90. The van der Waals surface area contributed by atoms with Crippen LogP contribution in [0.1, 0.15) is 24.6 Å². The second-order valence-corrected chi connectivity index (χ2v) is 6.78. The first-order valence-corrected chi connectivity index (χ1v) is 9.47. The average Bonchev–Trinajstić information content (AvgIpc) is 3.09. The number of amides is 1. The molecule has 4 rings (SSSR count). The Morgan fingerprint density at radius 2 is 1.81 bits per heavy atom. The zero-order valence-corrected chi connectivity index (χ0v) is 15.5. The number of H-pyrrole nitrogens is 1. The molecule has 0 spiro atoms. The van der Waals surface area contributed by atoms with E-state index in [4.69, 9.17) is 9.47 Å². The summed E-state index contributed by atoms with van der Waals surface area (Å²) in [5.74, 6) is 1.30. The van der Waals surface area contributed by atoms with E-state index in [1.54, 1.807) is 0 Å². The van der Waals surface area contributed by atoms with E-state index >= 15 is 0 Å². The van der Waals surface area contributed by atoms with E-state index in [1.165, 1.54) is 16.6 Å². The lowest BCUT2D eigenvalue weighted by atomic mass is 10.0. The van der Waals surface area contributed by atoms with Crippen molar-refractivity contribution >= 4 is 16.8 Å². The number of aromatic nitrogens is 1. The SMILES string of the molecule is CCCOc1ccccc1OCC(=O)N1CCc2[nH]c3ccccc3c2C1. The van der Waals surface area contributed by atoms with E-state index in [9.17, 15) is 4.79 Å². The van der Waals surface area contributed by atoms with Gasteiger partial charge in [0.1, 0.15) is 0 Å². The molecule has 0 atom stereocenters. The predicted molar refractivity (Wildman–Crippen MR) is 105 cm³/mol. The highest BCUT2D eigenvalue weighted by Crippen LogP contribution is 2.29. The van der Waals surface area contributed by atoms with Gasteiger partial charge in [-0.05, 0) is 24.6 Å². The van der Waals surface area contributed by atoms with Crippen molar-refractivity contribution in [2.75, 3.05) is 19.8 Å². The molecule has 5 nitrogen and oxygen atoms in total. The molecule has 2 heterocycles. The summed E-state index contributed by atoms with van der Waals surface area (Å²) in [5.41, 5.74) is 3.59. The minimum atomic E-state index is -0.00349. The fraction of sp³-hybridized carbons (Fsp3) is 0.318. The van der Waals surface area contributed by atoms with Crippen molar-refractivity contribution < 1.29 is 14.3 Å². The molecule has 1 aliphatic rings. The van der Waals surface area contributed by atoms with Crippen LogP contribution in [0, 0.1) is 0 Å². The maximum atomic E-state index is 12.7. The van der Waals surface area contributed by atoms with Crippen molar-refractivity contribution in [3.63, 3.8) is 0 Å². The third kappa shape index (κ3) is 3.63. The first-order chi connectivity index (χ1) is 13.3. The van der Waals surface area contributed by atoms with Gasteiger partial charge in [0.15, 0.2) is 18.1 Å². The number of carbonyl (C=O) groups excluding carboxylic acids is 1. The number of hydrogen-bond donors (Lipinski definition) is 1. The summed E-state index contributed by atoms with van der Waals surface area (Å²) < 4.78 is 11.5.